The van der Waals surface area contributed by atoms with Crippen LogP contribution in [-0.2, 0) is 4.79 Å². The van der Waals surface area contributed by atoms with E-state index in [1.165, 1.54) is 6.21 Å². The third kappa shape index (κ3) is 4.05. The predicted octanol–water partition coefficient (Wildman–Crippen LogP) is 5.35. The topological polar surface area (TPSA) is 73.1 Å². The fourth-order valence-corrected chi connectivity index (χ4v) is 3.62. The van der Waals surface area contributed by atoms with Gasteiger partial charge in [0.05, 0.1) is 6.21 Å². The number of aryl methyl sites for hydroxylation is 1. The van der Waals surface area contributed by atoms with E-state index in [9.17, 15) is 4.79 Å². The van der Waals surface area contributed by atoms with Crippen molar-refractivity contribution in [2.75, 3.05) is 6.61 Å². The molecule has 0 spiro atoms. The Morgan fingerprint density at radius 3 is 2.62 bits per heavy atom. The number of hydrogen-bond acceptors (Lipinski definition) is 5. The van der Waals surface area contributed by atoms with Crippen molar-refractivity contribution in [3.05, 3.63) is 83.1 Å². The Morgan fingerprint density at radius 1 is 1.06 bits per heavy atom. The Bertz CT molecular complexity index is 1350. The van der Waals surface area contributed by atoms with Gasteiger partial charge < -0.3 is 13.9 Å². The van der Waals surface area contributed by atoms with Crippen LogP contribution in [0.2, 0.25) is 5.02 Å². The van der Waals surface area contributed by atoms with E-state index in [0.29, 0.717) is 28.0 Å². The van der Waals surface area contributed by atoms with E-state index >= 15 is 0 Å². The number of hydrogen-bond donors (Lipinski definition) is 1. The van der Waals surface area contributed by atoms with Crippen molar-refractivity contribution >= 4 is 34.5 Å². The monoisotopic (exact) mass is 446 g/mol. The lowest BCUT2D eigenvalue weighted by molar-refractivity contribution is -0.130. The van der Waals surface area contributed by atoms with Gasteiger partial charge in [-0.05, 0) is 53.6 Å². The molecule has 5 rings (SSSR count). The third-order valence-electron chi connectivity index (χ3n) is 5.21. The smallest absolute Gasteiger partial charge is 0.284 e. The SMILES string of the molecule is Cc1ccc(-c2ccc(/C=N\NC(=O)[C@H]3COc4cc5ccccc5cc4O3)o2)cc1Cl. The minimum Gasteiger partial charge on any atom is -0.485 e. The molecule has 0 saturated carbocycles. The maximum absolute atomic E-state index is 12.5. The summed E-state index contributed by atoms with van der Waals surface area (Å²) < 4.78 is 17.3. The highest BCUT2D eigenvalue weighted by molar-refractivity contribution is 6.31. The van der Waals surface area contributed by atoms with E-state index in [4.69, 9.17) is 25.5 Å². The van der Waals surface area contributed by atoms with Crippen molar-refractivity contribution in [1.29, 1.82) is 0 Å². The number of carbonyl (C=O) groups excluding carboxylic acids is 1. The van der Waals surface area contributed by atoms with E-state index in [1.807, 2.05) is 67.6 Å². The zero-order valence-electron chi connectivity index (χ0n) is 17.2. The minimum atomic E-state index is -0.803. The number of furan rings is 1. The van der Waals surface area contributed by atoms with Crippen LogP contribution in [0.15, 0.2) is 76.2 Å². The molecule has 0 unspecified atom stereocenters. The van der Waals surface area contributed by atoms with Crippen LogP contribution in [0.4, 0.5) is 0 Å². The second kappa shape index (κ2) is 8.40. The van der Waals surface area contributed by atoms with Crippen molar-refractivity contribution in [2.24, 2.45) is 5.10 Å². The molecule has 0 radical (unpaired) electrons. The maximum atomic E-state index is 12.5. The highest BCUT2D eigenvalue weighted by Gasteiger charge is 2.27. The number of benzene rings is 3. The first kappa shape index (κ1) is 20.2. The first-order valence-electron chi connectivity index (χ1n) is 10.1. The maximum Gasteiger partial charge on any atom is 0.284 e. The molecule has 1 N–H and O–H groups in total. The van der Waals surface area contributed by atoms with Crippen molar-refractivity contribution in [3.63, 3.8) is 0 Å². The van der Waals surface area contributed by atoms with E-state index in [0.717, 1.165) is 21.9 Å². The van der Waals surface area contributed by atoms with E-state index in [2.05, 4.69) is 10.5 Å². The first-order valence-corrected chi connectivity index (χ1v) is 10.5. The lowest BCUT2D eigenvalue weighted by Gasteiger charge is -2.25. The second-order valence-electron chi connectivity index (χ2n) is 7.46. The molecule has 1 aromatic heterocycles. The molecule has 160 valence electrons. The minimum absolute atomic E-state index is 0.103. The Kier molecular flexibility index (Phi) is 5.29. The van der Waals surface area contributed by atoms with Crippen LogP contribution in [0.1, 0.15) is 11.3 Å². The van der Waals surface area contributed by atoms with Gasteiger partial charge in [0.2, 0.25) is 6.10 Å². The molecule has 1 amide bonds. The van der Waals surface area contributed by atoms with Crippen molar-refractivity contribution in [1.82, 2.24) is 5.43 Å². The van der Waals surface area contributed by atoms with Crippen LogP contribution in [0, 0.1) is 6.92 Å². The standard InChI is InChI=1S/C25H19ClN2O4/c1-15-6-7-18(10-20(15)26)21-9-8-19(31-21)13-27-28-25(29)24-14-30-22-11-16-4-2-3-5-17(16)12-23(22)32-24/h2-13,24H,14H2,1H3,(H,28,29)/b27-13-/t24-/m1/s1. The second-order valence-corrected chi connectivity index (χ2v) is 7.87. The van der Waals surface area contributed by atoms with Gasteiger partial charge in [0.15, 0.2) is 11.5 Å². The number of hydrazone groups is 1. The first-order chi connectivity index (χ1) is 15.6. The van der Waals surface area contributed by atoms with Crippen LogP contribution in [0.3, 0.4) is 0 Å². The fourth-order valence-electron chi connectivity index (χ4n) is 3.44. The van der Waals surface area contributed by atoms with Crippen LogP contribution in [0.25, 0.3) is 22.1 Å². The van der Waals surface area contributed by atoms with Gasteiger partial charge in [-0.2, -0.15) is 5.10 Å². The van der Waals surface area contributed by atoms with Crippen molar-refractivity contribution < 1.29 is 18.7 Å². The lowest BCUT2D eigenvalue weighted by atomic mass is 10.1. The quantitative estimate of drug-likeness (QED) is 0.338. The Balaban J connectivity index is 1.23. The molecule has 0 saturated heterocycles. The molecule has 2 heterocycles. The molecule has 0 fully saturated rings. The molecule has 4 aromatic rings. The van der Waals surface area contributed by atoms with Gasteiger partial charge in [-0.1, -0.05) is 48.0 Å². The number of fused-ring (bicyclic) bond motifs is 2. The summed E-state index contributed by atoms with van der Waals surface area (Å²) in [5.41, 5.74) is 4.34. The molecular weight excluding hydrogens is 428 g/mol. The van der Waals surface area contributed by atoms with Crippen LogP contribution in [0.5, 0.6) is 11.5 Å². The van der Waals surface area contributed by atoms with Crippen LogP contribution in [-0.4, -0.2) is 24.8 Å². The summed E-state index contributed by atoms with van der Waals surface area (Å²) in [7, 11) is 0. The van der Waals surface area contributed by atoms with E-state index in [-0.39, 0.29) is 6.61 Å². The molecule has 0 bridgehead atoms. The Labute approximate surface area is 189 Å². The molecule has 7 heteroatoms. The fraction of sp³-hybridized carbons (Fsp3) is 0.120. The summed E-state index contributed by atoms with van der Waals surface area (Å²) in [6.07, 6.45) is 0.630. The molecular formula is C25H19ClN2O4. The van der Waals surface area contributed by atoms with E-state index in [1.54, 1.807) is 6.07 Å². The number of nitrogens with one attached hydrogen (secondary N) is 1. The van der Waals surface area contributed by atoms with Gasteiger partial charge >= 0.3 is 0 Å². The molecule has 3 aromatic carbocycles. The molecule has 32 heavy (non-hydrogen) atoms. The highest BCUT2D eigenvalue weighted by atomic mass is 35.5. The largest absolute Gasteiger partial charge is 0.485 e. The van der Waals surface area contributed by atoms with Crippen molar-refractivity contribution in [2.45, 2.75) is 13.0 Å². The molecule has 1 aliphatic heterocycles. The number of amides is 1. The average Bonchev–Trinajstić information content (AvgIpc) is 3.28. The average molecular weight is 447 g/mol. The Morgan fingerprint density at radius 2 is 1.84 bits per heavy atom. The molecule has 1 atom stereocenters. The van der Waals surface area contributed by atoms with Crippen LogP contribution >= 0.6 is 11.6 Å². The van der Waals surface area contributed by atoms with Gasteiger partial charge in [-0.3, -0.25) is 4.79 Å². The summed E-state index contributed by atoms with van der Waals surface area (Å²) >= 11 is 6.19. The number of nitrogens with zero attached hydrogens (tertiary/aromatic N) is 1. The summed E-state index contributed by atoms with van der Waals surface area (Å²) in [6, 6.07) is 21.0. The summed E-state index contributed by atoms with van der Waals surface area (Å²) in [6.45, 7) is 2.04. The Hall–Kier alpha value is -3.77. The van der Waals surface area contributed by atoms with Gasteiger partial charge in [-0.25, -0.2) is 5.43 Å². The zero-order valence-corrected chi connectivity index (χ0v) is 17.9. The predicted molar refractivity (Wildman–Crippen MR) is 123 cm³/mol. The third-order valence-corrected chi connectivity index (χ3v) is 5.62. The van der Waals surface area contributed by atoms with Crippen molar-refractivity contribution in [3.8, 4) is 22.8 Å². The number of halogens is 1. The number of ether oxygens (including phenoxy) is 2. The molecule has 0 aliphatic carbocycles. The summed E-state index contributed by atoms with van der Waals surface area (Å²) in [4.78, 5) is 12.5. The normalized spacial score (nSPS) is 15.2. The van der Waals surface area contributed by atoms with Gasteiger partial charge in [-0.15, -0.1) is 0 Å². The molecule has 1 aliphatic rings. The summed E-state index contributed by atoms with van der Waals surface area (Å²) in [5, 5.41) is 6.71. The molecule has 6 nitrogen and oxygen atoms in total. The van der Waals surface area contributed by atoms with Gasteiger partial charge in [0.25, 0.3) is 5.91 Å². The van der Waals surface area contributed by atoms with E-state index < -0.39 is 12.0 Å². The number of rotatable bonds is 4. The van der Waals surface area contributed by atoms with Crippen LogP contribution < -0.4 is 14.9 Å². The zero-order chi connectivity index (χ0) is 22.1. The van der Waals surface area contributed by atoms with Gasteiger partial charge in [0.1, 0.15) is 18.1 Å². The summed E-state index contributed by atoms with van der Waals surface area (Å²) in [5.74, 6) is 1.90. The lowest BCUT2D eigenvalue weighted by Crippen LogP contribution is -2.42. The number of carbonyl (C=O) groups is 1. The van der Waals surface area contributed by atoms with Gasteiger partial charge in [0, 0.05) is 10.6 Å². The highest BCUT2D eigenvalue weighted by Crippen LogP contribution is 2.35.